The second-order valence-corrected chi connectivity index (χ2v) is 4.92. The summed E-state index contributed by atoms with van der Waals surface area (Å²) in [7, 11) is 0. The zero-order chi connectivity index (χ0) is 12.1. The van der Waals surface area contributed by atoms with Gasteiger partial charge in [0, 0.05) is 11.8 Å². The number of fused-ring (bicyclic) bond motifs is 2. The maximum absolute atomic E-state index is 9.67. The number of hydrogen-bond acceptors (Lipinski definition) is 5. The van der Waals surface area contributed by atoms with E-state index in [1.54, 1.807) is 0 Å². The van der Waals surface area contributed by atoms with E-state index < -0.39 is 6.29 Å². The molecule has 2 saturated heterocycles. The van der Waals surface area contributed by atoms with Crippen molar-refractivity contribution in [1.29, 1.82) is 0 Å². The van der Waals surface area contributed by atoms with Gasteiger partial charge >= 0.3 is 0 Å². The maximum Gasteiger partial charge on any atom is 0.231 e. The zero-order valence-electron chi connectivity index (χ0n) is 9.74. The van der Waals surface area contributed by atoms with Gasteiger partial charge < -0.3 is 24.1 Å². The quantitative estimate of drug-likeness (QED) is 0.808. The number of aliphatic hydroxyl groups excluding tert-OH is 1. The van der Waals surface area contributed by atoms with Crippen molar-refractivity contribution in [2.75, 3.05) is 20.0 Å². The molecule has 4 atom stereocenters. The maximum atomic E-state index is 9.67. The normalized spacial score (nSPS) is 36.9. The molecule has 0 aromatic heterocycles. The summed E-state index contributed by atoms with van der Waals surface area (Å²) in [5, 5.41) is 9.67. The molecule has 0 saturated carbocycles. The predicted octanol–water partition coefficient (Wildman–Crippen LogP) is 1.07. The van der Waals surface area contributed by atoms with Crippen LogP contribution < -0.4 is 9.47 Å². The van der Waals surface area contributed by atoms with Crippen LogP contribution in [0.3, 0.4) is 0 Å². The average Bonchev–Trinajstić information content (AvgIpc) is 3.06. The Labute approximate surface area is 104 Å². The molecule has 96 valence electrons. The topological polar surface area (TPSA) is 57.2 Å². The van der Waals surface area contributed by atoms with Crippen LogP contribution in [0.1, 0.15) is 11.7 Å². The van der Waals surface area contributed by atoms with Gasteiger partial charge in [0.2, 0.25) is 6.79 Å². The minimum absolute atomic E-state index is 0.0263. The Kier molecular flexibility index (Phi) is 2.27. The largest absolute Gasteiger partial charge is 0.454 e. The fourth-order valence-corrected chi connectivity index (χ4v) is 2.96. The minimum atomic E-state index is -0.686. The van der Waals surface area contributed by atoms with Crippen LogP contribution in [0, 0.1) is 11.8 Å². The Morgan fingerprint density at radius 2 is 1.83 bits per heavy atom. The van der Waals surface area contributed by atoms with Crippen LogP contribution in [-0.2, 0) is 9.47 Å². The smallest absolute Gasteiger partial charge is 0.231 e. The molecule has 5 heteroatoms. The predicted molar refractivity (Wildman–Crippen MR) is 60.2 cm³/mol. The number of benzene rings is 1. The van der Waals surface area contributed by atoms with Crippen molar-refractivity contribution in [3.05, 3.63) is 23.8 Å². The Balaban J connectivity index is 1.64. The first-order valence-corrected chi connectivity index (χ1v) is 6.14. The molecule has 3 heterocycles. The van der Waals surface area contributed by atoms with Gasteiger partial charge in [-0.1, -0.05) is 6.07 Å². The highest BCUT2D eigenvalue weighted by Gasteiger charge is 2.47. The number of aliphatic hydroxyl groups is 1. The van der Waals surface area contributed by atoms with Crippen molar-refractivity contribution in [1.82, 2.24) is 0 Å². The lowest BCUT2D eigenvalue weighted by atomic mass is 9.89. The summed E-state index contributed by atoms with van der Waals surface area (Å²) < 4.78 is 21.7. The van der Waals surface area contributed by atoms with Crippen molar-refractivity contribution in [3.8, 4) is 11.5 Å². The van der Waals surface area contributed by atoms with Crippen molar-refractivity contribution in [2.24, 2.45) is 11.8 Å². The molecule has 1 aromatic carbocycles. The van der Waals surface area contributed by atoms with Crippen LogP contribution in [0.2, 0.25) is 0 Å². The lowest BCUT2D eigenvalue weighted by molar-refractivity contribution is -0.0961. The molecular formula is C13H14O5. The molecule has 3 aliphatic rings. The zero-order valence-corrected chi connectivity index (χ0v) is 9.74. The van der Waals surface area contributed by atoms with E-state index in [1.165, 1.54) is 0 Å². The summed E-state index contributed by atoms with van der Waals surface area (Å²) in [6.45, 7) is 1.37. The molecule has 0 amide bonds. The first-order chi connectivity index (χ1) is 8.83. The standard InChI is InChI=1S/C13H14O5/c14-13-9-5-15-12(8(9)4-16-13)7-1-2-10-11(3-7)18-6-17-10/h1-3,8-9,12-14H,4-6H2/t8-,9-,12+,13?/m0/s1. The SMILES string of the molecule is OC1OC[C@@H]2[C@@H](c3ccc4c(c3)OCO4)OC[C@H]12. The molecule has 0 bridgehead atoms. The molecule has 1 aromatic rings. The molecule has 0 aliphatic carbocycles. The van der Waals surface area contributed by atoms with Crippen molar-refractivity contribution in [2.45, 2.75) is 12.4 Å². The second-order valence-electron chi connectivity index (χ2n) is 4.92. The lowest BCUT2D eigenvalue weighted by Crippen LogP contribution is -2.19. The molecule has 0 radical (unpaired) electrons. The van der Waals surface area contributed by atoms with Crippen LogP contribution in [0.25, 0.3) is 0 Å². The Hall–Kier alpha value is -1.30. The van der Waals surface area contributed by atoms with Gasteiger partial charge in [-0.25, -0.2) is 0 Å². The molecule has 0 spiro atoms. The van der Waals surface area contributed by atoms with Crippen molar-refractivity contribution in [3.63, 3.8) is 0 Å². The number of hydrogen-bond donors (Lipinski definition) is 1. The molecule has 2 fully saturated rings. The van der Waals surface area contributed by atoms with Crippen LogP contribution >= 0.6 is 0 Å². The van der Waals surface area contributed by atoms with E-state index in [-0.39, 0.29) is 24.7 Å². The summed E-state index contributed by atoms with van der Waals surface area (Å²) in [6, 6.07) is 5.85. The van der Waals surface area contributed by atoms with Crippen molar-refractivity contribution < 1.29 is 24.1 Å². The third-order valence-corrected chi connectivity index (χ3v) is 3.96. The third-order valence-electron chi connectivity index (χ3n) is 3.96. The van der Waals surface area contributed by atoms with E-state index in [2.05, 4.69) is 0 Å². The van der Waals surface area contributed by atoms with Crippen LogP contribution in [0.5, 0.6) is 11.5 Å². The summed E-state index contributed by atoms with van der Waals surface area (Å²) >= 11 is 0. The molecule has 5 nitrogen and oxygen atoms in total. The van der Waals surface area contributed by atoms with Gasteiger partial charge in [-0.3, -0.25) is 0 Å². The fraction of sp³-hybridized carbons (Fsp3) is 0.538. The van der Waals surface area contributed by atoms with E-state index in [4.69, 9.17) is 18.9 Å². The van der Waals surface area contributed by atoms with E-state index in [9.17, 15) is 5.11 Å². The van der Waals surface area contributed by atoms with Gasteiger partial charge in [-0.2, -0.15) is 0 Å². The summed E-state index contributed by atoms with van der Waals surface area (Å²) in [5.41, 5.74) is 1.06. The first kappa shape index (κ1) is 10.6. The molecule has 18 heavy (non-hydrogen) atoms. The monoisotopic (exact) mass is 250 g/mol. The van der Waals surface area contributed by atoms with E-state index >= 15 is 0 Å². The van der Waals surface area contributed by atoms with E-state index in [0.29, 0.717) is 13.2 Å². The van der Waals surface area contributed by atoms with Crippen LogP contribution in [0.4, 0.5) is 0 Å². The van der Waals surface area contributed by atoms with E-state index in [0.717, 1.165) is 17.1 Å². The summed E-state index contributed by atoms with van der Waals surface area (Å²) in [6.07, 6.45) is -0.712. The number of rotatable bonds is 1. The Morgan fingerprint density at radius 1 is 1.00 bits per heavy atom. The average molecular weight is 250 g/mol. The van der Waals surface area contributed by atoms with Crippen molar-refractivity contribution >= 4 is 0 Å². The van der Waals surface area contributed by atoms with Gasteiger partial charge in [0.05, 0.1) is 19.3 Å². The molecule has 1 N–H and O–H groups in total. The highest BCUT2D eigenvalue weighted by Crippen LogP contribution is 2.46. The van der Waals surface area contributed by atoms with Gasteiger partial charge in [-0.15, -0.1) is 0 Å². The minimum Gasteiger partial charge on any atom is -0.454 e. The highest BCUT2D eigenvalue weighted by molar-refractivity contribution is 5.45. The van der Waals surface area contributed by atoms with Gasteiger partial charge in [0.25, 0.3) is 0 Å². The second kappa shape index (κ2) is 3.85. The fourth-order valence-electron chi connectivity index (χ4n) is 2.96. The van der Waals surface area contributed by atoms with Gasteiger partial charge in [0.15, 0.2) is 17.8 Å². The Morgan fingerprint density at radius 3 is 2.78 bits per heavy atom. The third kappa shape index (κ3) is 1.44. The molecule has 4 rings (SSSR count). The van der Waals surface area contributed by atoms with Crippen LogP contribution in [-0.4, -0.2) is 31.4 Å². The van der Waals surface area contributed by atoms with Crippen LogP contribution in [0.15, 0.2) is 18.2 Å². The van der Waals surface area contributed by atoms with Gasteiger partial charge in [0.1, 0.15) is 0 Å². The lowest BCUT2D eigenvalue weighted by Gasteiger charge is -2.16. The van der Waals surface area contributed by atoms with E-state index in [1.807, 2.05) is 18.2 Å². The molecule has 3 aliphatic heterocycles. The summed E-state index contributed by atoms with van der Waals surface area (Å²) in [5.74, 6) is 1.84. The molecular weight excluding hydrogens is 236 g/mol. The number of ether oxygens (including phenoxy) is 4. The van der Waals surface area contributed by atoms with Gasteiger partial charge in [-0.05, 0) is 17.7 Å². The molecule has 1 unspecified atom stereocenters. The first-order valence-electron chi connectivity index (χ1n) is 6.14. The Bertz CT molecular complexity index is 474. The highest BCUT2D eigenvalue weighted by atomic mass is 16.7. The summed E-state index contributed by atoms with van der Waals surface area (Å²) in [4.78, 5) is 0.